The molecule has 0 radical (unpaired) electrons. The minimum Gasteiger partial charge on any atom is -0.494 e. The van der Waals surface area contributed by atoms with E-state index in [2.05, 4.69) is 5.10 Å². The molecule has 0 unspecified atom stereocenters. The fourth-order valence-electron chi connectivity index (χ4n) is 3.06. The van der Waals surface area contributed by atoms with Gasteiger partial charge < -0.3 is 9.47 Å². The highest BCUT2D eigenvalue weighted by Gasteiger charge is 2.22. The summed E-state index contributed by atoms with van der Waals surface area (Å²) in [5.74, 6) is -1.83. The second-order valence-electron chi connectivity index (χ2n) is 6.64. The predicted molar refractivity (Wildman–Crippen MR) is 110 cm³/mol. The molecule has 3 rings (SSSR count). The van der Waals surface area contributed by atoms with Gasteiger partial charge in [0.25, 0.3) is 0 Å². The van der Waals surface area contributed by atoms with Gasteiger partial charge in [0.05, 0.1) is 25.0 Å². The van der Waals surface area contributed by atoms with Crippen molar-refractivity contribution in [2.45, 2.75) is 20.4 Å². The number of hydrogen-bond donors (Lipinski definition) is 0. The zero-order chi connectivity index (χ0) is 21.8. The molecule has 30 heavy (non-hydrogen) atoms. The van der Waals surface area contributed by atoms with Crippen LogP contribution in [-0.2, 0) is 11.3 Å². The summed E-state index contributed by atoms with van der Waals surface area (Å²) < 4.78 is 25.4. The van der Waals surface area contributed by atoms with Crippen LogP contribution in [0.4, 0.5) is 4.39 Å². The Kier molecular flexibility index (Phi) is 6.52. The largest absolute Gasteiger partial charge is 0.494 e. The maximum absolute atomic E-state index is 13.8. The van der Waals surface area contributed by atoms with Gasteiger partial charge in [0.2, 0.25) is 0 Å². The van der Waals surface area contributed by atoms with E-state index in [-0.39, 0.29) is 16.9 Å². The Hall–Kier alpha value is -3.19. The summed E-state index contributed by atoms with van der Waals surface area (Å²) in [6, 6.07) is 11.2. The standard InChI is InChI=1S/C22H20ClFN2O4/c1-13-21(14(2)26(25-13)11-16-6-4-5-7-17(16)23)22(28)30-12-19(27)15-8-9-20(29-3)18(24)10-15/h4-10H,11-12H2,1-3H3. The summed E-state index contributed by atoms with van der Waals surface area (Å²) in [4.78, 5) is 24.8. The molecule has 0 atom stereocenters. The molecule has 2 aromatic carbocycles. The Morgan fingerprint density at radius 1 is 1.17 bits per heavy atom. The molecular weight excluding hydrogens is 411 g/mol. The minimum atomic E-state index is -0.669. The number of benzene rings is 2. The van der Waals surface area contributed by atoms with E-state index in [0.29, 0.717) is 23.0 Å². The van der Waals surface area contributed by atoms with Gasteiger partial charge in [-0.3, -0.25) is 9.48 Å². The third-order valence-electron chi connectivity index (χ3n) is 4.67. The number of aryl methyl sites for hydroxylation is 1. The number of ether oxygens (including phenoxy) is 2. The van der Waals surface area contributed by atoms with E-state index < -0.39 is 24.2 Å². The number of Topliss-reactive ketones (excluding diaryl/α,β-unsaturated/α-hetero) is 1. The van der Waals surface area contributed by atoms with Crippen molar-refractivity contribution in [2.24, 2.45) is 0 Å². The van der Waals surface area contributed by atoms with Crippen LogP contribution in [0.2, 0.25) is 5.02 Å². The van der Waals surface area contributed by atoms with Crippen molar-refractivity contribution in [3.8, 4) is 5.75 Å². The maximum atomic E-state index is 13.8. The average Bonchev–Trinajstić information content (AvgIpc) is 3.00. The maximum Gasteiger partial charge on any atom is 0.342 e. The predicted octanol–water partition coefficient (Wildman–Crippen LogP) is 4.39. The summed E-state index contributed by atoms with van der Waals surface area (Å²) in [6.07, 6.45) is 0. The van der Waals surface area contributed by atoms with Gasteiger partial charge in [0.1, 0.15) is 5.56 Å². The first-order chi connectivity index (χ1) is 14.3. The molecular formula is C22H20ClFN2O4. The van der Waals surface area contributed by atoms with E-state index in [1.54, 1.807) is 24.6 Å². The fraction of sp³-hybridized carbons (Fsp3) is 0.227. The summed E-state index contributed by atoms with van der Waals surface area (Å²) in [6.45, 7) is 3.31. The second kappa shape index (κ2) is 9.09. The van der Waals surface area contributed by atoms with Crippen LogP contribution in [0.1, 0.15) is 37.7 Å². The Balaban J connectivity index is 1.71. The molecule has 0 amide bonds. The van der Waals surface area contributed by atoms with Crippen molar-refractivity contribution in [3.05, 3.63) is 81.4 Å². The number of nitrogens with zero attached hydrogens (tertiary/aromatic N) is 2. The molecule has 0 bridgehead atoms. The van der Waals surface area contributed by atoms with Crippen LogP contribution in [0, 0.1) is 19.7 Å². The van der Waals surface area contributed by atoms with E-state index >= 15 is 0 Å². The first-order valence-electron chi connectivity index (χ1n) is 9.13. The van der Waals surface area contributed by atoms with Gasteiger partial charge in [0, 0.05) is 10.6 Å². The summed E-state index contributed by atoms with van der Waals surface area (Å²) >= 11 is 6.20. The van der Waals surface area contributed by atoms with E-state index in [4.69, 9.17) is 21.1 Å². The molecule has 0 fully saturated rings. The number of ketones is 1. The van der Waals surface area contributed by atoms with Crippen molar-refractivity contribution >= 4 is 23.4 Å². The van der Waals surface area contributed by atoms with Crippen LogP contribution in [0.3, 0.4) is 0 Å². The average molecular weight is 431 g/mol. The van der Waals surface area contributed by atoms with E-state index in [9.17, 15) is 14.0 Å². The second-order valence-corrected chi connectivity index (χ2v) is 7.05. The lowest BCUT2D eigenvalue weighted by Gasteiger charge is -2.08. The fourth-order valence-corrected chi connectivity index (χ4v) is 3.26. The van der Waals surface area contributed by atoms with Crippen molar-refractivity contribution in [3.63, 3.8) is 0 Å². The smallest absolute Gasteiger partial charge is 0.342 e. The molecule has 6 nitrogen and oxygen atoms in total. The van der Waals surface area contributed by atoms with Gasteiger partial charge in [-0.15, -0.1) is 0 Å². The molecule has 1 heterocycles. The molecule has 0 aliphatic rings. The van der Waals surface area contributed by atoms with Crippen LogP contribution in [-0.4, -0.2) is 35.2 Å². The van der Waals surface area contributed by atoms with Crippen molar-refractivity contribution < 1.29 is 23.5 Å². The van der Waals surface area contributed by atoms with Gasteiger partial charge >= 0.3 is 5.97 Å². The number of halogens is 2. The highest BCUT2D eigenvalue weighted by Crippen LogP contribution is 2.21. The molecule has 156 valence electrons. The van der Waals surface area contributed by atoms with Crippen LogP contribution in [0.25, 0.3) is 0 Å². The molecule has 3 aromatic rings. The van der Waals surface area contributed by atoms with E-state index in [0.717, 1.165) is 11.6 Å². The van der Waals surface area contributed by atoms with Crippen LogP contribution in [0.5, 0.6) is 5.75 Å². The number of carbonyl (C=O) groups is 2. The number of carbonyl (C=O) groups excluding carboxylic acids is 2. The molecule has 0 aliphatic heterocycles. The summed E-state index contributed by atoms with van der Waals surface area (Å²) in [5.41, 5.74) is 2.31. The Morgan fingerprint density at radius 3 is 2.57 bits per heavy atom. The SMILES string of the molecule is COc1ccc(C(=O)COC(=O)c2c(C)nn(Cc3ccccc3Cl)c2C)cc1F. The van der Waals surface area contributed by atoms with Crippen LogP contribution >= 0.6 is 11.6 Å². The first-order valence-corrected chi connectivity index (χ1v) is 9.51. The van der Waals surface area contributed by atoms with Gasteiger partial charge in [-0.2, -0.15) is 5.10 Å². The molecule has 0 spiro atoms. The number of hydrogen-bond acceptors (Lipinski definition) is 5. The molecule has 0 saturated heterocycles. The molecule has 0 N–H and O–H groups in total. The molecule has 1 aromatic heterocycles. The minimum absolute atomic E-state index is 0.0285. The molecule has 0 aliphatic carbocycles. The third-order valence-corrected chi connectivity index (χ3v) is 5.04. The van der Waals surface area contributed by atoms with Crippen LogP contribution < -0.4 is 4.74 Å². The highest BCUT2D eigenvalue weighted by molar-refractivity contribution is 6.31. The Labute approximate surface area is 178 Å². The summed E-state index contributed by atoms with van der Waals surface area (Å²) in [7, 11) is 1.33. The van der Waals surface area contributed by atoms with Gasteiger partial charge in [0.15, 0.2) is 24.0 Å². The lowest BCUT2D eigenvalue weighted by atomic mass is 10.1. The Bertz CT molecular complexity index is 1110. The quantitative estimate of drug-likeness (QED) is 0.410. The number of esters is 1. The van der Waals surface area contributed by atoms with E-state index in [1.807, 2.05) is 18.2 Å². The monoisotopic (exact) mass is 430 g/mol. The normalized spacial score (nSPS) is 10.7. The van der Waals surface area contributed by atoms with Crippen molar-refractivity contribution in [1.82, 2.24) is 9.78 Å². The van der Waals surface area contributed by atoms with Crippen molar-refractivity contribution in [1.29, 1.82) is 0 Å². The van der Waals surface area contributed by atoms with E-state index in [1.165, 1.54) is 19.2 Å². The zero-order valence-corrected chi connectivity index (χ0v) is 17.5. The number of rotatable bonds is 7. The lowest BCUT2D eigenvalue weighted by molar-refractivity contribution is 0.0473. The number of aromatic nitrogens is 2. The van der Waals surface area contributed by atoms with Gasteiger partial charge in [-0.1, -0.05) is 29.8 Å². The van der Waals surface area contributed by atoms with Crippen LogP contribution in [0.15, 0.2) is 42.5 Å². The first kappa shape index (κ1) is 21.5. The highest BCUT2D eigenvalue weighted by atomic mass is 35.5. The Morgan fingerprint density at radius 2 is 1.90 bits per heavy atom. The summed E-state index contributed by atoms with van der Waals surface area (Å²) in [5, 5.41) is 5.00. The number of methoxy groups -OCH3 is 1. The molecule has 8 heteroatoms. The van der Waals surface area contributed by atoms with Crippen molar-refractivity contribution in [2.75, 3.05) is 13.7 Å². The molecule has 0 saturated carbocycles. The zero-order valence-electron chi connectivity index (χ0n) is 16.7. The lowest BCUT2D eigenvalue weighted by Crippen LogP contribution is -2.16. The van der Waals surface area contributed by atoms with Gasteiger partial charge in [-0.05, 0) is 43.7 Å². The topological polar surface area (TPSA) is 70.4 Å². The third kappa shape index (κ3) is 4.52. The van der Waals surface area contributed by atoms with Gasteiger partial charge in [-0.25, -0.2) is 9.18 Å².